The highest BCUT2D eigenvalue weighted by molar-refractivity contribution is 7.80. The Kier molecular flexibility index (Phi) is 5.96. The Morgan fingerprint density at radius 1 is 1.14 bits per heavy atom. The van der Waals surface area contributed by atoms with Crippen molar-refractivity contribution in [3.8, 4) is 5.75 Å². The van der Waals surface area contributed by atoms with E-state index in [0.29, 0.717) is 16.9 Å². The summed E-state index contributed by atoms with van der Waals surface area (Å²) in [5.41, 5.74) is 0.847. The number of amides is 2. The van der Waals surface area contributed by atoms with Crippen molar-refractivity contribution >= 4 is 35.2 Å². The van der Waals surface area contributed by atoms with Crippen LogP contribution in [0.1, 0.15) is 11.1 Å². The van der Waals surface area contributed by atoms with E-state index in [1.54, 1.807) is 42.5 Å². The van der Waals surface area contributed by atoms with Gasteiger partial charge in [0.1, 0.15) is 23.7 Å². The monoisotopic (exact) mass is 396 g/mol. The largest absolute Gasteiger partial charge is 0.488 e. The number of para-hydroxylation sites is 1. The van der Waals surface area contributed by atoms with Crippen LogP contribution in [0.3, 0.4) is 0 Å². The minimum absolute atomic E-state index is 0.0136. The molecule has 1 N–H and O–H groups in total. The lowest BCUT2D eigenvalue weighted by Gasteiger charge is -2.27. The van der Waals surface area contributed by atoms with Gasteiger partial charge >= 0.3 is 0 Å². The SMILES string of the molecule is C=CCN1C(=O)C(=Cc2ccccc2OCc2ccccc2F)C(=O)NC1=S. The van der Waals surface area contributed by atoms with Gasteiger partial charge in [-0.15, -0.1) is 6.58 Å². The molecule has 0 bridgehead atoms. The summed E-state index contributed by atoms with van der Waals surface area (Å²) in [6.07, 6.45) is 2.96. The fraction of sp³-hybridized carbons (Fsp3) is 0.0952. The maximum absolute atomic E-state index is 13.8. The molecule has 0 unspecified atom stereocenters. The Morgan fingerprint density at radius 2 is 1.86 bits per heavy atom. The van der Waals surface area contributed by atoms with E-state index in [4.69, 9.17) is 17.0 Å². The molecule has 0 spiro atoms. The fourth-order valence-corrected chi connectivity index (χ4v) is 2.90. The number of halogens is 1. The Hall–Kier alpha value is -3.32. The second kappa shape index (κ2) is 8.58. The van der Waals surface area contributed by atoms with Gasteiger partial charge in [0, 0.05) is 17.7 Å². The molecule has 2 aromatic carbocycles. The predicted molar refractivity (Wildman–Crippen MR) is 108 cm³/mol. The standard InChI is InChI=1S/C21H17FN2O3S/c1-2-11-24-20(26)16(19(25)23-21(24)28)12-14-7-4-6-10-18(14)27-13-15-8-3-5-9-17(15)22/h2-10,12H,1,11,13H2,(H,23,25,28). The highest BCUT2D eigenvalue weighted by Gasteiger charge is 2.32. The quantitative estimate of drug-likeness (QED) is 0.353. The highest BCUT2D eigenvalue weighted by atomic mass is 32.1. The van der Waals surface area contributed by atoms with Crippen LogP contribution in [0.15, 0.2) is 66.8 Å². The zero-order valence-electron chi connectivity index (χ0n) is 14.9. The molecule has 2 aromatic rings. The van der Waals surface area contributed by atoms with E-state index in [0.717, 1.165) is 0 Å². The molecule has 5 nitrogen and oxygen atoms in total. The first-order chi connectivity index (χ1) is 13.5. The summed E-state index contributed by atoms with van der Waals surface area (Å²) < 4.78 is 19.5. The average Bonchev–Trinajstić information content (AvgIpc) is 2.68. The van der Waals surface area contributed by atoms with Crippen LogP contribution in [0.4, 0.5) is 4.39 Å². The molecule has 0 aromatic heterocycles. The van der Waals surface area contributed by atoms with Gasteiger partial charge in [0.15, 0.2) is 5.11 Å². The van der Waals surface area contributed by atoms with Gasteiger partial charge in [-0.3, -0.25) is 19.8 Å². The van der Waals surface area contributed by atoms with Crippen molar-refractivity contribution in [2.75, 3.05) is 6.54 Å². The summed E-state index contributed by atoms with van der Waals surface area (Å²) in [5.74, 6) is -1.05. The van der Waals surface area contributed by atoms with Crippen LogP contribution in [0.2, 0.25) is 0 Å². The third kappa shape index (κ3) is 4.15. The normalized spacial score (nSPS) is 15.5. The molecule has 142 valence electrons. The molecule has 1 heterocycles. The van der Waals surface area contributed by atoms with Crippen LogP contribution in [-0.4, -0.2) is 28.4 Å². The first-order valence-electron chi connectivity index (χ1n) is 8.46. The Labute approximate surface area is 167 Å². The summed E-state index contributed by atoms with van der Waals surface area (Å²) >= 11 is 5.04. The van der Waals surface area contributed by atoms with Gasteiger partial charge in [-0.25, -0.2) is 4.39 Å². The van der Waals surface area contributed by atoms with E-state index in [1.807, 2.05) is 0 Å². The van der Waals surface area contributed by atoms with E-state index in [9.17, 15) is 14.0 Å². The average molecular weight is 396 g/mol. The van der Waals surface area contributed by atoms with Crippen molar-refractivity contribution in [2.45, 2.75) is 6.61 Å². The van der Waals surface area contributed by atoms with Gasteiger partial charge in [-0.2, -0.15) is 0 Å². The molecule has 2 amide bonds. The zero-order valence-corrected chi connectivity index (χ0v) is 15.7. The molecule has 0 aliphatic carbocycles. The summed E-state index contributed by atoms with van der Waals surface area (Å²) in [5, 5.41) is 2.53. The van der Waals surface area contributed by atoms with Crippen LogP contribution in [0.5, 0.6) is 5.75 Å². The summed E-state index contributed by atoms with van der Waals surface area (Å²) in [6.45, 7) is 3.78. The van der Waals surface area contributed by atoms with Crippen molar-refractivity contribution in [1.29, 1.82) is 0 Å². The number of nitrogens with one attached hydrogen (secondary N) is 1. The number of benzene rings is 2. The molecular formula is C21H17FN2O3S. The number of carbonyl (C=O) groups is 2. The number of hydrogen-bond acceptors (Lipinski definition) is 4. The molecular weight excluding hydrogens is 379 g/mol. The fourth-order valence-electron chi connectivity index (χ4n) is 2.65. The second-order valence-corrected chi connectivity index (χ2v) is 6.33. The number of hydrogen-bond donors (Lipinski definition) is 1. The lowest BCUT2D eigenvalue weighted by molar-refractivity contribution is -0.128. The second-order valence-electron chi connectivity index (χ2n) is 5.94. The van der Waals surface area contributed by atoms with Gasteiger partial charge in [0.05, 0.1) is 0 Å². The highest BCUT2D eigenvalue weighted by Crippen LogP contribution is 2.24. The molecule has 0 atom stereocenters. The smallest absolute Gasteiger partial charge is 0.265 e. The Balaban J connectivity index is 1.88. The molecule has 1 aliphatic heterocycles. The number of ether oxygens (including phenoxy) is 1. The summed E-state index contributed by atoms with van der Waals surface area (Å²) in [4.78, 5) is 26.2. The predicted octanol–water partition coefficient (Wildman–Crippen LogP) is 3.22. The van der Waals surface area contributed by atoms with Gasteiger partial charge < -0.3 is 4.74 Å². The first kappa shape index (κ1) is 19.4. The lowest BCUT2D eigenvalue weighted by Crippen LogP contribution is -2.53. The van der Waals surface area contributed by atoms with Crippen molar-refractivity contribution in [2.24, 2.45) is 0 Å². The van der Waals surface area contributed by atoms with Crippen molar-refractivity contribution in [1.82, 2.24) is 10.2 Å². The first-order valence-corrected chi connectivity index (χ1v) is 8.87. The van der Waals surface area contributed by atoms with Gasteiger partial charge in [-0.05, 0) is 30.4 Å². The molecule has 0 radical (unpaired) electrons. The van der Waals surface area contributed by atoms with Crippen LogP contribution in [0.25, 0.3) is 6.08 Å². The van der Waals surface area contributed by atoms with E-state index in [-0.39, 0.29) is 29.7 Å². The van der Waals surface area contributed by atoms with Crippen LogP contribution >= 0.6 is 12.2 Å². The number of carbonyl (C=O) groups excluding carboxylic acids is 2. The Morgan fingerprint density at radius 3 is 2.61 bits per heavy atom. The maximum Gasteiger partial charge on any atom is 0.265 e. The maximum atomic E-state index is 13.8. The van der Waals surface area contributed by atoms with Crippen LogP contribution < -0.4 is 10.1 Å². The van der Waals surface area contributed by atoms with Crippen molar-refractivity contribution in [3.05, 3.63) is 83.7 Å². The van der Waals surface area contributed by atoms with E-state index in [1.165, 1.54) is 23.1 Å². The number of nitrogens with zero attached hydrogens (tertiary/aromatic N) is 1. The molecule has 1 fully saturated rings. The number of rotatable bonds is 6. The third-order valence-corrected chi connectivity index (χ3v) is 4.38. The van der Waals surface area contributed by atoms with Crippen LogP contribution in [-0.2, 0) is 16.2 Å². The molecule has 1 aliphatic rings. The zero-order chi connectivity index (χ0) is 20.1. The van der Waals surface area contributed by atoms with E-state index in [2.05, 4.69) is 11.9 Å². The lowest BCUT2D eigenvalue weighted by atomic mass is 10.1. The van der Waals surface area contributed by atoms with Gasteiger partial charge in [0.25, 0.3) is 11.8 Å². The molecule has 0 saturated carbocycles. The van der Waals surface area contributed by atoms with Crippen molar-refractivity contribution in [3.63, 3.8) is 0 Å². The van der Waals surface area contributed by atoms with Crippen molar-refractivity contribution < 1.29 is 18.7 Å². The summed E-state index contributed by atoms with van der Waals surface area (Å²) in [7, 11) is 0. The minimum atomic E-state index is -0.584. The molecule has 1 saturated heterocycles. The van der Waals surface area contributed by atoms with E-state index < -0.39 is 11.8 Å². The van der Waals surface area contributed by atoms with Crippen LogP contribution in [0, 0.1) is 5.82 Å². The van der Waals surface area contributed by atoms with E-state index >= 15 is 0 Å². The molecule has 28 heavy (non-hydrogen) atoms. The molecule has 3 rings (SSSR count). The topological polar surface area (TPSA) is 58.6 Å². The summed E-state index contributed by atoms with van der Waals surface area (Å²) in [6, 6.07) is 13.2. The third-order valence-electron chi connectivity index (χ3n) is 4.06. The van der Waals surface area contributed by atoms with Gasteiger partial charge in [0.2, 0.25) is 0 Å². The van der Waals surface area contributed by atoms with Gasteiger partial charge in [-0.1, -0.05) is 42.5 Å². The number of thiocarbonyl (C=S) groups is 1. The Bertz CT molecular complexity index is 987. The molecule has 7 heteroatoms. The minimum Gasteiger partial charge on any atom is -0.488 e.